The zero-order chi connectivity index (χ0) is 27.2. The summed E-state index contributed by atoms with van der Waals surface area (Å²) in [6.07, 6.45) is 2.20. The molecule has 5 N–H and O–H groups in total. The first-order valence-corrected chi connectivity index (χ1v) is 13.0. The second-order valence-corrected chi connectivity index (χ2v) is 9.70. The Balaban J connectivity index is 1.77. The lowest BCUT2D eigenvalue weighted by molar-refractivity contribution is 0.0802. The first-order chi connectivity index (χ1) is 18.3. The number of fused-ring (bicyclic) bond motifs is 1. The van der Waals surface area contributed by atoms with Crippen molar-refractivity contribution in [1.29, 1.82) is 0 Å². The molecule has 0 bridgehead atoms. The maximum atomic E-state index is 12.6. The number of benzene rings is 1. The van der Waals surface area contributed by atoms with Crippen LogP contribution in [-0.2, 0) is 4.74 Å². The van der Waals surface area contributed by atoms with Crippen LogP contribution in [0.15, 0.2) is 36.7 Å². The van der Waals surface area contributed by atoms with E-state index in [0.29, 0.717) is 36.7 Å². The Bertz CT molecular complexity index is 1410. The van der Waals surface area contributed by atoms with Crippen LogP contribution in [0.4, 0.5) is 11.8 Å². The Morgan fingerprint density at radius 3 is 2.71 bits per heavy atom. The molecule has 0 fully saturated rings. The van der Waals surface area contributed by atoms with E-state index in [1.165, 1.54) is 0 Å². The summed E-state index contributed by atoms with van der Waals surface area (Å²) in [7, 11) is 1.96. The van der Waals surface area contributed by atoms with E-state index in [1.807, 2.05) is 37.9 Å². The lowest BCUT2D eigenvalue weighted by Crippen LogP contribution is -2.33. The molecule has 0 spiro atoms. The Morgan fingerprint density at radius 1 is 1.24 bits per heavy atom. The van der Waals surface area contributed by atoms with Crippen LogP contribution in [0.3, 0.4) is 0 Å². The summed E-state index contributed by atoms with van der Waals surface area (Å²) in [5, 5.41) is 21.2. The molecule has 0 saturated heterocycles. The van der Waals surface area contributed by atoms with Gasteiger partial charge in [-0.1, -0.05) is 12.1 Å². The number of amides is 1. The normalized spacial score (nSPS) is 12.0. The Morgan fingerprint density at radius 2 is 2.00 bits per heavy atom. The smallest absolute Gasteiger partial charge is 0.251 e. The second-order valence-electron chi connectivity index (χ2n) is 8.68. The van der Waals surface area contributed by atoms with Crippen molar-refractivity contribution < 1.29 is 19.7 Å². The first-order valence-electron chi connectivity index (χ1n) is 12.2. The van der Waals surface area contributed by atoms with Crippen molar-refractivity contribution in [3.05, 3.63) is 47.8 Å². The molecule has 1 unspecified atom stereocenters. The van der Waals surface area contributed by atoms with E-state index in [0.717, 1.165) is 32.0 Å². The minimum absolute atomic E-state index is 0.0356. The van der Waals surface area contributed by atoms with Gasteiger partial charge in [0.1, 0.15) is 0 Å². The van der Waals surface area contributed by atoms with Crippen LogP contribution in [0.25, 0.3) is 32.0 Å². The SMILES string of the molecule is CCOCCN(C)c1nc(-c2cnc(N)nc2)nc2c(C)c(-c3cccc(C(=O)NCC(O)CO)c3)sc12. The summed E-state index contributed by atoms with van der Waals surface area (Å²) in [5.41, 5.74) is 9.39. The maximum Gasteiger partial charge on any atom is 0.251 e. The van der Waals surface area contributed by atoms with Crippen LogP contribution in [-0.4, -0.2) is 82.1 Å². The number of rotatable bonds is 11. The number of aromatic nitrogens is 4. The van der Waals surface area contributed by atoms with Crippen LogP contribution in [0.5, 0.6) is 0 Å². The molecule has 12 heteroatoms. The van der Waals surface area contributed by atoms with E-state index >= 15 is 0 Å². The van der Waals surface area contributed by atoms with E-state index in [-0.39, 0.29) is 18.4 Å². The van der Waals surface area contributed by atoms with Crippen LogP contribution >= 0.6 is 11.3 Å². The summed E-state index contributed by atoms with van der Waals surface area (Å²) in [4.78, 5) is 33.6. The Kier molecular flexibility index (Phi) is 8.79. The number of ether oxygens (including phenoxy) is 1. The standard InChI is InChI=1S/C26H31N7O4S/c1-4-37-9-8-33(3)24-22-20(31-23(32-24)18-11-29-26(27)30-12-18)15(2)21(38-22)16-6-5-7-17(10-16)25(36)28-13-19(35)14-34/h5-7,10-12,19,34-35H,4,8-9,13-14H2,1-3H3,(H,28,36)(H2,27,29,30). The summed E-state index contributed by atoms with van der Waals surface area (Å²) < 4.78 is 6.47. The predicted molar refractivity (Wildman–Crippen MR) is 148 cm³/mol. The number of nitrogen functional groups attached to an aromatic ring is 1. The van der Waals surface area contributed by atoms with Gasteiger partial charge in [0.05, 0.1) is 35.1 Å². The number of aryl methyl sites for hydroxylation is 1. The number of anilines is 2. The molecule has 1 amide bonds. The molecule has 4 rings (SSSR count). The molecule has 0 radical (unpaired) electrons. The predicted octanol–water partition coefficient (Wildman–Crippen LogP) is 2.26. The number of aliphatic hydroxyl groups is 2. The molecule has 0 saturated carbocycles. The molecule has 1 aromatic carbocycles. The van der Waals surface area contributed by atoms with Crippen molar-refractivity contribution in [2.45, 2.75) is 20.0 Å². The highest BCUT2D eigenvalue weighted by Crippen LogP contribution is 2.42. The topological polar surface area (TPSA) is 160 Å². The molecule has 11 nitrogen and oxygen atoms in total. The van der Waals surface area contributed by atoms with Crippen molar-refractivity contribution in [3.8, 4) is 21.8 Å². The number of nitrogens with one attached hydrogen (secondary N) is 1. The number of hydrogen-bond acceptors (Lipinski definition) is 11. The van der Waals surface area contributed by atoms with E-state index < -0.39 is 12.7 Å². The highest BCUT2D eigenvalue weighted by molar-refractivity contribution is 7.23. The van der Waals surface area contributed by atoms with Gasteiger partial charge >= 0.3 is 0 Å². The molecule has 38 heavy (non-hydrogen) atoms. The molecular formula is C26H31N7O4S. The Hall–Kier alpha value is -3.71. The fourth-order valence-electron chi connectivity index (χ4n) is 3.82. The third-order valence-electron chi connectivity index (χ3n) is 5.91. The van der Waals surface area contributed by atoms with Gasteiger partial charge in [-0.15, -0.1) is 11.3 Å². The van der Waals surface area contributed by atoms with Crippen molar-refractivity contribution in [2.24, 2.45) is 0 Å². The van der Waals surface area contributed by atoms with Crippen molar-refractivity contribution in [1.82, 2.24) is 25.3 Å². The fourth-order valence-corrected chi connectivity index (χ4v) is 5.11. The van der Waals surface area contributed by atoms with Gasteiger partial charge in [0.15, 0.2) is 11.6 Å². The number of thiophene rings is 1. The van der Waals surface area contributed by atoms with Crippen LogP contribution in [0.1, 0.15) is 22.8 Å². The van der Waals surface area contributed by atoms with E-state index in [9.17, 15) is 9.90 Å². The van der Waals surface area contributed by atoms with Gasteiger partial charge in [-0.25, -0.2) is 19.9 Å². The summed E-state index contributed by atoms with van der Waals surface area (Å²) in [6.45, 7) is 5.32. The second kappa shape index (κ2) is 12.2. The van der Waals surface area contributed by atoms with E-state index in [2.05, 4.69) is 15.3 Å². The quantitative estimate of drug-likeness (QED) is 0.209. The third-order valence-corrected chi connectivity index (χ3v) is 7.24. The number of nitrogens with zero attached hydrogens (tertiary/aromatic N) is 5. The highest BCUT2D eigenvalue weighted by atomic mass is 32.1. The van der Waals surface area contributed by atoms with Gasteiger partial charge in [0.25, 0.3) is 5.91 Å². The number of likely N-dealkylation sites (N-methyl/N-ethyl adjacent to an activating group) is 1. The first kappa shape index (κ1) is 27.3. The molecular weight excluding hydrogens is 506 g/mol. The lowest BCUT2D eigenvalue weighted by atomic mass is 10.1. The Labute approximate surface area is 224 Å². The molecule has 0 aliphatic rings. The van der Waals surface area contributed by atoms with Gasteiger partial charge in [-0.3, -0.25) is 4.79 Å². The van der Waals surface area contributed by atoms with Gasteiger partial charge < -0.3 is 30.9 Å². The lowest BCUT2D eigenvalue weighted by Gasteiger charge is -2.19. The van der Waals surface area contributed by atoms with Crippen LogP contribution < -0.4 is 16.0 Å². The van der Waals surface area contributed by atoms with Gasteiger partial charge in [0.2, 0.25) is 5.95 Å². The minimum atomic E-state index is -1.01. The molecule has 3 heterocycles. The summed E-state index contributed by atoms with van der Waals surface area (Å²) >= 11 is 1.56. The third kappa shape index (κ3) is 6.05. The molecule has 0 aliphatic carbocycles. The van der Waals surface area contributed by atoms with E-state index in [4.69, 9.17) is 25.5 Å². The molecule has 0 aliphatic heterocycles. The minimum Gasteiger partial charge on any atom is -0.394 e. The zero-order valence-electron chi connectivity index (χ0n) is 21.5. The maximum absolute atomic E-state index is 12.6. The number of carbonyl (C=O) groups excluding carboxylic acids is 1. The fraction of sp³-hybridized carbons (Fsp3) is 0.346. The number of aliphatic hydroxyl groups excluding tert-OH is 2. The molecule has 4 aromatic rings. The van der Waals surface area contributed by atoms with Crippen LogP contribution in [0.2, 0.25) is 0 Å². The number of carbonyl (C=O) groups is 1. The van der Waals surface area contributed by atoms with Crippen molar-refractivity contribution in [2.75, 3.05) is 50.6 Å². The zero-order valence-corrected chi connectivity index (χ0v) is 22.3. The average Bonchev–Trinajstić information content (AvgIpc) is 3.27. The van der Waals surface area contributed by atoms with Gasteiger partial charge in [-0.05, 0) is 37.1 Å². The molecule has 1 atom stereocenters. The summed E-state index contributed by atoms with van der Waals surface area (Å²) in [5.74, 6) is 1.08. The summed E-state index contributed by atoms with van der Waals surface area (Å²) in [6, 6.07) is 7.27. The largest absolute Gasteiger partial charge is 0.394 e. The van der Waals surface area contributed by atoms with Crippen LogP contribution in [0, 0.1) is 6.92 Å². The van der Waals surface area contributed by atoms with Gasteiger partial charge in [0, 0.05) is 49.6 Å². The highest BCUT2D eigenvalue weighted by Gasteiger charge is 2.21. The monoisotopic (exact) mass is 537 g/mol. The van der Waals surface area contributed by atoms with Crippen molar-refractivity contribution >= 4 is 39.2 Å². The van der Waals surface area contributed by atoms with E-state index in [1.54, 1.807) is 35.9 Å². The average molecular weight is 538 g/mol. The number of hydrogen-bond donors (Lipinski definition) is 4. The molecule has 3 aromatic heterocycles. The van der Waals surface area contributed by atoms with Gasteiger partial charge in [-0.2, -0.15) is 0 Å². The van der Waals surface area contributed by atoms with Crippen molar-refractivity contribution in [3.63, 3.8) is 0 Å². The molecule has 200 valence electrons. The number of nitrogens with two attached hydrogens (primary N) is 1.